The molecule has 1 fully saturated rings. The lowest BCUT2D eigenvalue weighted by Gasteiger charge is -2.25. The van der Waals surface area contributed by atoms with Gasteiger partial charge >= 0.3 is 0 Å². The molecule has 0 amide bonds. The van der Waals surface area contributed by atoms with Crippen LogP contribution in [0.15, 0.2) is 10.9 Å². The number of aromatic nitrogens is 1. The third-order valence-electron chi connectivity index (χ3n) is 2.59. The quantitative estimate of drug-likeness (QED) is 0.834. The summed E-state index contributed by atoms with van der Waals surface area (Å²) in [6.07, 6.45) is 3.93. The van der Waals surface area contributed by atoms with Gasteiger partial charge in [0.2, 0.25) is 0 Å². The average Bonchev–Trinajstić information content (AvgIpc) is 2.70. The topological polar surface area (TPSA) is 42.4 Å². The van der Waals surface area contributed by atoms with Crippen molar-refractivity contribution in [2.75, 3.05) is 0 Å². The molecule has 1 aromatic rings. The first-order chi connectivity index (χ1) is 6.84. The van der Waals surface area contributed by atoms with Gasteiger partial charge in [0.15, 0.2) is 0 Å². The van der Waals surface area contributed by atoms with E-state index >= 15 is 0 Å². The second-order valence-corrected chi connectivity index (χ2v) is 4.44. The van der Waals surface area contributed by atoms with Gasteiger partial charge in [0, 0.05) is 5.38 Å². The molecular formula is C10H15NO2S. The normalized spacial score (nSPS) is 27.8. The van der Waals surface area contributed by atoms with Gasteiger partial charge in [-0.3, -0.25) is 0 Å². The molecule has 0 aliphatic heterocycles. The molecule has 78 valence electrons. The van der Waals surface area contributed by atoms with E-state index in [-0.39, 0.29) is 6.10 Å². The first-order valence-corrected chi connectivity index (χ1v) is 5.95. The van der Waals surface area contributed by atoms with Gasteiger partial charge in [-0.25, -0.2) is 4.98 Å². The second-order valence-electron chi connectivity index (χ2n) is 3.72. The molecule has 1 aromatic heterocycles. The van der Waals surface area contributed by atoms with Crippen LogP contribution in [0.1, 0.15) is 31.4 Å². The van der Waals surface area contributed by atoms with Crippen LogP contribution in [0.2, 0.25) is 0 Å². The highest BCUT2D eigenvalue weighted by Gasteiger charge is 2.19. The van der Waals surface area contributed by atoms with E-state index in [1.54, 1.807) is 11.3 Å². The van der Waals surface area contributed by atoms with Crippen molar-refractivity contribution in [2.45, 2.75) is 44.5 Å². The Kier molecular flexibility index (Phi) is 3.50. The minimum absolute atomic E-state index is 0.103. The van der Waals surface area contributed by atoms with Crippen LogP contribution in [0.3, 0.4) is 0 Å². The summed E-state index contributed by atoms with van der Waals surface area (Å²) in [7, 11) is 0. The Labute approximate surface area is 87.7 Å². The van der Waals surface area contributed by atoms with E-state index < -0.39 is 0 Å². The summed E-state index contributed by atoms with van der Waals surface area (Å²) in [6.45, 7) is 0.615. The Hall–Kier alpha value is -0.450. The number of rotatable bonds is 3. The molecule has 0 aromatic carbocycles. The molecule has 0 radical (unpaired) electrons. The van der Waals surface area contributed by atoms with Gasteiger partial charge in [-0.05, 0) is 25.7 Å². The van der Waals surface area contributed by atoms with Crippen LogP contribution in [-0.4, -0.2) is 22.3 Å². The molecule has 0 spiro atoms. The van der Waals surface area contributed by atoms with Crippen molar-refractivity contribution in [3.63, 3.8) is 0 Å². The van der Waals surface area contributed by atoms with E-state index in [0.29, 0.717) is 12.7 Å². The minimum atomic E-state index is -0.103. The summed E-state index contributed by atoms with van der Waals surface area (Å²) in [5.41, 5.74) is 2.84. The summed E-state index contributed by atoms with van der Waals surface area (Å²) in [6, 6.07) is 0. The number of ether oxygens (including phenoxy) is 1. The van der Waals surface area contributed by atoms with Crippen molar-refractivity contribution in [1.29, 1.82) is 0 Å². The third-order valence-corrected chi connectivity index (χ3v) is 3.23. The van der Waals surface area contributed by atoms with Gasteiger partial charge < -0.3 is 9.84 Å². The molecule has 1 heterocycles. The fourth-order valence-electron chi connectivity index (χ4n) is 1.72. The predicted molar refractivity (Wildman–Crippen MR) is 55.2 cm³/mol. The average molecular weight is 213 g/mol. The van der Waals surface area contributed by atoms with Crippen molar-refractivity contribution in [3.05, 3.63) is 16.6 Å². The number of aliphatic hydroxyl groups is 1. The maximum atomic E-state index is 9.31. The summed E-state index contributed by atoms with van der Waals surface area (Å²) in [4.78, 5) is 4.16. The highest BCUT2D eigenvalue weighted by atomic mass is 32.1. The maximum absolute atomic E-state index is 9.31. The fourth-order valence-corrected chi connectivity index (χ4v) is 2.27. The van der Waals surface area contributed by atoms with Gasteiger partial charge in [0.1, 0.15) is 0 Å². The zero-order valence-corrected chi connectivity index (χ0v) is 8.87. The highest BCUT2D eigenvalue weighted by Crippen LogP contribution is 2.21. The highest BCUT2D eigenvalue weighted by molar-refractivity contribution is 7.07. The van der Waals surface area contributed by atoms with Gasteiger partial charge in [0.05, 0.1) is 30.0 Å². The summed E-state index contributed by atoms with van der Waals surface area (Å²) >= 11 is 1.60. The SMILES string of the molecule is OC1CCC(OCc2cscn2)CC1. The summed E-state index contributed by atoms with van der Waals surface area (Å²) < 4.78 is 5.71. The molecule has 2 rings (SSSR count). The third kappa shape index (κ3) is 2.77. The van der Waals surface area contributed by atoms with Crippen LogP contribution < -0.4 is 0 Å². The Morgan fingerprint density at radius 2 is 2.21 bits per heavy atom. The smallest absolute Gasteiger partial charge is 0.0900 e. The lowest BCUT2D eigenvalue weighted by molar-refractivity contribution is -0.0128. The summed E-state index contributed by atoms with van der Waals surface area (Å²) in [5, 5.41) is 11.3. The Morgan fingerprint density at radius 1 is 1.43 bits per heavy atom. The zero-order valence-electron chi connectivity index (χ0n) is 8.06. The molecule has 1 aliphatic rings. The molecule has 3 nitrogen and oxygen atoms in total. The standard InChI is InChI=1S/C10H15NO2S/c12-9-1-3-10(4-2-9)13-5-8-6-14-7-11-8/h6-7,9-10,12H,1-5H2. The first kappa shape index (κ1) is 10.1. The molecule has 14 heavy (non-hydrogen) atoms. The molecule has 1 saturated carbocycles. The fraction of sp³-hybridized carbons (Fsp3) is 0.700. The first-order valence-electron chi connectivity index (χ1n) is 5.01. The molecule has 4 heteroatoms. The number of aliphatic hydroxyl groups excluding tert-OH is 1. The van der Waals surface area contributed by atoms with E-state index in [4.69, 9.17) is 4.74 Å². The monoisotopic (exact) mass is 213 g/mol. The summed E-state index contributed by atoms with van der Waals surface area (Å²) in [5.74, 6) is 0. The van der Waals surface area contributed by atoms with E-state index in [2.05, 4.69) is 4.98 Å². The van der Waals surface area contributed by atoms with Crippen LogP contribution >= 0.6 is 11.3 Å². The van der Waals surface area contributed by atoms with Crippen molar-refractivity contribution in [2.24, 2.45) is 0 Å². The molecule has 0 atom stereocenters. The molecule has 0 saturated heterocycles. The Morgan fingerprint density at radius 3 is 2.86 bits per heavy atom. The van der Waals surface area contributed by atoms with Crippen LogP contribution in [0.25, 0.3) is 0 Å². The van der Waals surface area contributed by atoms with Crippen LogP contribution in [0.5, 0.6) is 0 Å². The molecule has 1 aliphatic carbocycles. The zero-order chi connectivity index (χ0) is 9.80. The molecule has 1 N–H and O–H groups in total. The lowest BCUT2D eigenvalue weighted by Crippen LogP contribution is -2.24. The number of hydrogen-bond acceptors (Lipinski definition) is 4. The molecular weight excluding hydrogens is 198 g/mol. The molecule has 0 unspecified atom stereocenters. The lowest BCUT2D eigenvalue weighted by atomic mass is 9.95. The van der Waals surface area contributed by atoms with E-state index in [9.17, 15) is 5.11 Å². The van der Waals surface area contributed by atoms with Gasteiger partial charge in [-0.2, -0.15) is 0 Å². The van der Waals surface area contributed by atoms with Gasteiger partial charge in [-0.15, -0.1) is 11.3 Å². The van der Waals surface area contributed by atoms with Crippen LogP contribution in [-0.2, 0) is 11.3 Å². The van der Waals surface area contributed by atoms with E-state index in [1.807, 2.05) is 10.9 Å². The predicted octanol–water partition coefficient (Wildman–Crippen LogP) is 1.96. The largest absolute Gasteiger partial charge is 0.393 e. The number of hydrogen-bond donors (Lipinski definition) is 1. The second kappa shape index (κ2) is 4.87. The van der Waals surface area contributed by atoms with E-state index in [0.717, 1.165) is 31.4 Å². The van der Waals surface area contributed by atoms with Gasteiger partial charge in [0.25, 0.3) is 0 Å². The van der Waals surface area contributed by atoms with Crippen molar-refractivity contribution < 1.29 is 9.84 Å². The maximum Gasteiger partial charge on any atom is 0.0900 e. The molecule has 0 bridgehead atoms. The van der Waals surface area contributed by atoms with Crippen LogP contribution in [0, 0.1) is 0 Å². The van der Waals surface area contributed by atoms with E-state index in [1.165, 1.54) is 0 Å². The Bertz CT molecular complexity index is 255. The van der Waals surface area contributed by atoms with Crippen molar-refractivity contribution in [1.82, 2.24) is 4.98 Å². The van der Waals surface area contributed by atoms with Gasteiger partial charge in [-0.1, -0.05) is 0 Å². The van der Waals surface area contributed by atoms with Crippen LogP contribution in [0.4, 0.5) is 0 Å². The number of thiazole rings is 1. The van der Waals surface area contributed by atoms with Crippen molar-refractivity contribution >= 4 is 11.3 Å². The number of nitrogens with zero attached hydrogens (tertiary/aromatic N) is 1. The Balaban J connectivity index is 1.71. The minimum Gasteiger partial charge on any atom is -0.393 e. The van der Waals surface area contributed by atoms with Crippen molar-refractivity contribution in [3.8, 4) is 0 Å².